The molecule has 0 spiro atoms. The van der Waals surface area contributed by atoms with Crippen molar-refractivity contribution < 1.29 is 4.39 Å². The highest BCUT2D eigenvalue weighted by atomic mass is 19.1. The lowest BCUT2D eigenvalue weighted by atomic mass is 10.0. The van der Waals surface area contributed by atoms with Gasteiger partial charge in [-0.15, -0.1) is 0 Å². The van der Waals surface area contributed by atoms with Crippen molar-refractivity contribution in [1.82, 2.24) is 25.1 Å². The van der Waals surface area contributed by atoms with Crippen molar-refractivity contribution in [2.24, 2.45) is 0 Å². The van der Waals surface area contributed by atoms with E-state index >= 15 is 0 Å². The summed E-state index contributed by atoms with van der Waals surface area (Å²) in [5, 5.41) is 9.51. The second kappa shape index (κ2) is 12.5. The number of para-hydroxylation sites is 1. The molecule has 0 radical (unpaired) electrons. The van der Waals surface area contributed by atoms with Crippen LogP contribution < -0.4 is 10.6 Å². The number of benzene rings is 2. The predicted octanol–water partition coefficient (Wildman–Crippen LogP) is 6.30. The molecule has 0 unspecified atom stereocenters. The number of rotatable bonds is 10. The molecule has 2 aromatic heterocycles. The monoisotopic (exact) mass is 521 g/mol. The van der Waals surface area contributed by atoms with E-state index in [9.17, 15) is 4.39 Å². The number of hydrogen-bond donors (Lipinski definition) is 2. The Kier molecular flexibility index (Phi) is 8.89. The third-order valence-corrected chi connectivity index (χ3v) is 6.67. The van der Waals surface area contributed by atoms with Gasteiger partial charge in [-0.25, -0.2) is 9.37 Å². The molecule has 5 nitrogen and oxygen atoms in total. The molecular formula is C33H36FN5. The van der Waals surface area contributed by atoms with Gasteiger partial charge in [0.15, 0.2) is 5.82 Å². The number of H-pyrrole nitrogens is 2. The van der Waals surface area contributed by atoms with Crippen LogP contribution in [0.1, 0.15) is 26.7 Å². The third kappa shape index (κ3) is 6.41. The first-order chi connectivity index (χ1) is 18.8. The Hall–Kier alpha value is -4.29. The van der Waals surface area contributed by atoms with Crippen LogP contribution in [0.4, 0.5) is 4.39 Å². The summed E-state index contributed by atoms with van der Waals surface area (Å²) in [6.45, 7) is 13.4. The van der Waals surface area contributed by atoms with Gasteiger partial charge in [0, 0.05) is 10.8 Å². The third-order valence-electron chi connectivity index (χ3n) is 6.67. The molecule has 0 atom stereocenters. The van der Waals surface area contributed by atoms with E-state index < -0.39 is 0 Å². The minimum Gasteiger partial charge on any atom is -0.337 e. The van der Waals surface area contributed by atoms with Crippen LogP contribution in [0.15, 0.2) is 90.6 Å². The van der Waals surface area contributed by atoms with Crippen molar-refractivity contribution in [1.29, 1.82) is 0 Å². The molecule has 4 aromatic rings. The summed E-state index contributed by atoms with van der Waals surface area (Å²) >= 11 is 0. The number of imidazole rings is 1. The van der Waals surface area contributed by atoms with Crippen molar-refractivity contribution in [2.75, 3.05) is 20.6 Å². The van der Waals surface area contributed by atoms with E-state index in [4.69, 9.17) is 4.98 Å². The van der Waals surface area contributed by atoms with Crippen molar-refractivity contribution in [3.05, 3.63) is 107 Å². The summed E-state index contributed by atoms with van der Waals surface area (Å²) in [7, 11) is 4.17. The molecule has 200 valence electrons. The Morgan fingerprint density at radius 2 is 1.92 bits per heavy atom. The minimum atomic E-state index is -0.280. The number of hydrogen-bond acceptors (Lipinski definition) is 3. The zero-order chi connectivity index (χ0) is 27.9. The van der Waals surface area contributed by atoms with E-state index in [1.54, 1.807) is 6.07 Å². The van der Waals surface area contributed by atoms with Gasteiger partial charge in [0.1, 0.15) is 11.5 Å². The molecule has 2 N–H and O–H groups in total. The maximum absolute atomic E-state index is 14.0. The highest BCUT2D eigenvalue weighted by Crippen LogP contribution is 2.29. The van der Waals surface area contributed by atoms with Gasteiger partial charge in [-0.05, 0) is 93.9 Å². The molecular weight excluding hydrogens is 485 g/mol. The molecule has 39 heavy (non-hydrogen) atoms. The SMILES string of the molecule is C=C/C(=C\C(=C/C)C(=C)/C=c1/c(-c2nc3c(-c4cccc(F)c4)cccc3[nH]2)n[nH]/c1=C/C)CCCN(C)C. The molecule has 0 aliphatic heterocycles. The number of halogens is 1. The molecule has 2 heterocycles. The standard InChI is InChI=1S/C33H36FN5/c1-7-23(13-12-18-39(5)6)20-24(8-2)22(4)19-28-29(9-3)37-38-32(28)33-35-30-17-11-16-27(31(30)36-33)25-14-10-15-26(34)21-25/h7-11,14-17,19-21,37H,1,4,12-13,18H2,2-3,5-6H3,(H,35,36)/b23-20+,24-8+,28-19+,29-9+. The normalized spacial score (nSPS) is 13.6. The van der Waals surface area contributed by atoms with Crippen LogP contribution in [-0.4, -0.2) is 45.7 Å². The second-order valence-electron chi connectivity index (χ2n) is 9.73. The first-order valence-corrected chi connectivity index (χ1v) is 13.2. The van der Waals surface area contributed by atoms with Crippen LogP contribution in [0.3, 0.4) is 0 Å². The second-order valence-corrected chi connectivity index (χ2v) is 9.73. The summed E-state index contributed by atoms with van der Waals surface area (Å²) in [6, 6.07) is 12.4. The smallest absolute Gasteiger partial charge is 0.159 e. The van der Waals surface area contributed by atoms with Gasteiger partial charge >= 0.3 is 0 Å². The number of fused-ring (bicyclic) bond motifs is 1. The molecule has 0 bridgehead atoms. The molecule has 0 aliphatic carbocycles. The number of nitrogens with one attached hydrogen (secondary N) is 2. The Morgan fingerprint density at radius 1 is 1.13 bits per heavy atom. The number of nitrogens with zero attached hydrogens (tertiary/aromatic N) is 3. The molecule has 4 rings (SSSR count). The van der Waals surface area contributed by atoms with Crippen LogP contribution in [0, 0.1) is 5.82 Å². The number of aromatic amines is 2. The predicted molar refractivity (Wildman–Crippen MR) is 162 cm³/mol. The number of aromatic nitrogens is 4. The highest BCUT2D eigenvalue weighted by molar-refractivity contribution is 5.93. The maximum atomic E-state index is 14.0. The molecule has 2 aromatic carbocycles. The van der Waals surface area contributed by atoms with Gasteiger partial charge in [-0.2, -0.15) is 5.10 Å². The molecule has 6 heteroatoms. The zero-order valence-corrected chi connectivity index (χ0v) is 23.2. The van der Waals surface area contributed by atoms with Crippen molar-refractivity contribution in [3.63, 3.8) is 0 Å². The van der Waals surface area contributed by atoms with Gasteiger partial charge in [-0.1, -0.05) is 61.7 Å². The van der Waals surface area contributed by atoms with E-state index in [0.29, 0.717) is 11.5 Å². The largest absolute Gasteiger partial charge is 0.337 e. The van der Waals surface area contributed by atoms with Gasteiger partial charge in [0.2, 0.25) is 0 Å². The zero-order valence-electron chi connectivity index (χ0n) is 23.2. The van der Waals surface area contributed by atoms with Crippen molar-refractivity contribution >= 4 is 23.2 Å². The minimum absolute atomic E-state index is 0.280. The summed E-state index contributed by atoms with van der Waals surface area (Å²) < 4.78 is 14.0. The average molecular weight is 522 g/mol. The van der Waals surface area contributed by atoms with Crippen LogP contribution in [-0.2, 0) is 0 Å². The van der Waals surface area contributed by atoms with E-state index in [1.807, 2.05) is 56.3 Å². The van der Waals surface area contributed by atoms with E-state index in [0.717, 1.165) is 63.3 Å². The summed E-state index contributed by atoms with van der Waals surface area (Å²) in [6.07, 6.45) is 12.2. The van der Waals surface area contributed by atoms with Crippen molar-refractivity contribution in [3.8, 4) is 22.6 Å². The molecule has 0 fully saturated rings. The molecule has 0 saturated carbocycles. The summed E-state index contributed by atoms with van der Waals surface area (Å²) in [5.41, 5.74) is 7.02. The first kappa shape index (κ1) is 27.7. The van der Waals surface area contributed by atoms with E-state index in [2.05, 4.69) is 59.5 Å². The topological polar surface area (TPSA) is 60.6 Å². The molecule has 0 amide bonds. The van der Waals surface area contributed by atoms with Gasteiger partial charge in [-0.3, -0.25) is 5.10 Å². The van der Waals surface area contributed by atoms with Crippen LogP contribution >= 0.6 is 0 Å². The Balaban J connectivity index is 1.75. The van der Waals surface area contributed by atoms with E-state index in [1.165, 1.54) is 17.7 Å². The lowest BCUT2D eigenvalue weighted by Gasteiger charge is -2.10. The summed E-state index contributed by atoms with van der Waals surface area (Å²) in [4.78, 5) is 10.5. The lowest BCUT2D eigenvalue weighted by Crippen LogP contribution is -2.24. The van der Waals surface area contributed by atoms with Crippen LogP contribution in [0.5, 0.6) is 0 Å². The van der Waals surface area contributed by atoms with Gasteiger partial charge < -0.3 is 9.88 Å². The molecule has 0 saturated heterocycles. The van der Waals surface area contributed by atoms with Crippen molar-refractivity contribution in [2.45, 2.75) is 26.7 Å². The fraction of sp³-hybridized carbons (Fsp3) is 0.212. The number of allylic oxidation sites excluding steroid dienone is 6. The Bertz CT molecular complexity index is 1680. The van der Waals surface area contributed by atoms with Crippen LogP contribution in [0.2, 0.25) is 0 Å². The quantitative estimate of drug-likeness (QED) is 0.241. The first-order valence-electron chi connectivity index (χ1n) is 13.2. The Labute approximate surface area is 229 Å². The fourth-order valence-electron chi connectivity index (χ4n) is 4.60. The Morgan fingerprint density at radius 3 is 2.62 bits per heavy atom. The molecule has 0 aliphatic rings. The van der Waals surface area contributed by atoms with Gasteiger partial charge in [0.25, 0.3) is 0 Å². The highest BCUT2D eigenvalue weighted by Gasteiger charge is 2.14. The maximum Gasteiger partial charge on any atom is 0.159 e. The van der Waals surface area contributed by atoms with Crippen LogP contribution in [0.25, 0.3) is 45.8 Å². The van der Waals surface area contributed by atoms with Gasteiger partial charge in [0.05, 0.1) is 16.4 Å². The summed E-state index contributed by atoms with van der Waals surface area (Å²) in [5.74, 6) is 0.350. The average Bonchev–Trinajstić information content (AvgIpc) is 3.53. The fourth-order valence-corrected chi connectivity index (χ4v) is 4.60. The lowest BCUT2D eigenvalue weighted by molar-refractivity contribution is 0.400. The van der Waals surface area contributed by atoms with E-state index in [-0.39, 0.29) is 5.82 Å².